The Hall–Kier alpha value is -3.05. The van der Waals surface area contributed by atoms with Gasteiger partial charge in [-0.15, -0.1) is 11.8 Å². The van der Waals surface area contributed by atoms with Crippen molar-refractivity contribution in [3.05, 3.63) is 95.1 Å². The van der Waals surface area contributed by atoms with Crippen molar-refractivity contribution >= 4 is 35.0 Å². The summed E-state index contributed by atoms with van der Waals surface area (Å²) in [5.74, 6) is 0.860. The lowest BCUT2D eigenvalue weighted by Crippen LogP contribution is -2.27. The van der Waals surface area contributed by atoms with Gasteiger partial charge in [-0.05, 0) is 71.8 Å². The number of nitrogens with zero attached hydrogens (tertiary/aromatic N) is 1. The van der Waals surface area contributed by atoms with Crippen LogP contribution in [0.15, 0.2) is 72.8 Å². The second kappa shape index (κ2) is 10.9. The monoisotopic (exact) mass is 472 g/mol. The minimum atomic E-state index is -0.129. The SMILES string of the molecule is CCCCc1ccc(C(=O)Nc2cccc([C@@H]3SCC(=O)N3c3ccc(C(C)C)cc3)c2)cc1. The maximum atomic E-state index is 12.8. The van der Waals surface area contributed by atoms with Gasteiger partial charge < -0.3 is 5.32 Å². The number of carbonyl (C=O) groups excluding carboxylic acids is 2. The number of hydrogen-bond acceptors (Lipinski definition) is 3. The Bertz CT molecular complexity index is 1140. The van der Waals surface area contributed by atoms with Crippen LogP contribution in [0.1, 0.15) is 72.0 Å². The van der Waals surface area contributed by atoms with E-state index < -0.39 is 0 Å². The molecule has 4 nitrogen and oxygen atoms in total. The summed E-state index contributed by atoms with van der Waals surface area (Å²) in [7, 11) is 0. The first-order chi connectivity index (χ1) is 16.5. The Morgan fingerprint density at radius 3 is 2.47 bits per heavy atom. The molecule has 4 rings (SSSR count). The molecule has 0 spiro atoms. The molecule has 0 radical (unpaired) electrons. The van der Waals surface area contributed by atoms with E-state index in [0.29, 0.717) is 17.2 Å². The van der Waals surface area contributed by atoms with Crippen molar-refractivity contribution in [1.82, 2.24) is 0 Å². The lowest BCUT2D eigenvalue weighted by Gasteiger charge is -2.25. The second-order valence-corrected chi connectivity index (χ2v) is 10.1. The number of amides is 2. The number of rotatable bonds is 8. The van der Waals surface area contributed by atoms with E-state index in [2.05, 4.69) is 38.2 Å². The summed E-state index contributed by atoms with van der Waals surface area (Å²) in [6, 6.07) is 23.9. The molecule has 0 saturated carbocycles. The number of anilines is 2. The first-order valence-electron chi connectivity index (χ1n) is 12.0. The summed E-state index contributed by atoms with van der Waals surface area (Å²) in [4.78, 5) is 27.4. The zero-order valence-corrected chi connectivity index (χ0v) is 20.9. The number of nitrogens with one attached hydrogen (secondary N) is 1. The number of aryl methyl sites for hydroxylation is 1. The summed E-state index contributed by atoms with van der Waals surface area (Å²) in [6.45, 7) is 6.50. The number of carbonyl (C=O) groups is 2. The highest BCUT2D eigenvalue weighted by molar-refractivity contribution is 8.00. The normalized spacial score (nSPS) is 15.7. The van der Waals surface area contributed by atoms with E-state index in [1.54, 1.807) is 11.8 Å². The van der Waals surface area contributed by atoms with Gasteiger partial charge in [0, 0.05) is 16.9 Å². The Balaban J connectivity index is 1.49. The fourth-order valence-corrected chi connectivity index (χ4v) is 5.31. The van der Waals surface area contributed by atoms with E-state index >= 15 is 0 Å². The molecule has 1 saturated heterocycles. The summed E-state index contributed by atoms with van der Waals surface area (Å²) >= 11 is 1.61. The number of hydrogen-bond donors (Lipinski definition) is 1. The van der Waals surface area contributed by atoms with Gasteiger partial charge >= 0.3 is 0 Å². The lowest BCUT2D eigenvalue weighted by atomic mass is 10.0. The van der Waals surface area contributed by atoms with Crippen molar-refractivity contribution in [2.75, 3.05) is 16.0 Å². The smallest absolute Gasteiger partial charge is 0.255 e. The van der Waals surface area contributed by atoms with Gasteiger partial charge in [-0.2, -0.15) is 0 Å². The van der Waals surface area contributed by atoms with Crippen molar-refractivity contribution < 1.29 is 9.59 Å². The summed E-state index contributed by atoms with van der Waals surface area (Å²) in [5, 5.41) is 2.90. The average Bonchev–Trinajstić information content (AvgIpc) is 3.24. The van der Waals surface area contributed by atoms with Crippen molar-refractivity contribution in [1.29, 1.82) is 0 Å². The van der Waals surface area contributed by atoms with Crippen LogP contribution < -0.4 is 10.2 Å². The maximum absolute atomic E-state index is 12.8. The van der Waals surface area contributed by atoms with Crippen molar-refractivity contribution in [2.45, 2.75) is 51.3 Å². The molecule has 0 aromatic heterocycles. The van der Waals surface area contributed by atoms with Crippen molar-refractivity contribution in [3.63, 3.8) is 0 Å². The first-order valence-corrected chi connectivity index (χ1v) is 13.0. The number of unbranched alkanes of at least 4 members (excludes halogenated alkanes) is 1. The molecule has 1 N–H and O–H groups in total. The minimum Gasteiger partial charge on any atom is -0.322 e. The van der Waals surface area contributed by atoms with E-state index in [1.165, 1.54) is 11.1 Å². The number of benzene rings is 3. The zero-order valence-electron chi connectivity index (χ0n) is 20.1. The Morgan fingerprint density at radius 1 is 1.06 bits per heavy atom. The Morgan fingerprint density at radius 2 is 1.79 bits per heavy atom. The molecule has 1 heterocycles. The highest BCUT2D eigenvalue weighted by Gasteiger charge is 2.34. The standard InChI is InChI=1S/C29H32N2O2S/c1-4-5-7-21-10-12-23(13-11-21)28(33)30-25-9-6-8-24(18-25)29-31(27(32)19-34-29)26-16-14-22(15-17-26)20(2)3/h6,8-18,20,29H,4-5,7,19H2,1-3H3,(H,30,33)/t29-/m0/s1. The molecule has 2 amide bonds. The quantitative estimate of drug-likeness (QED) is 0.378. The van der Waals surface area contributed by atoms with Crippen molar-refractivity contribution in [3.8, 4) is 0 Å². The van der Waals surface area contributed by atoms with Crippen LogP contribution in [0.3, 0.4) is 0 Å². The van der Waals surface area contributed by atoms with E-state index in [0.717, 1.165) is 36.2 Å². The molecule has 176 valence electrons. The van der Waals surface area contributed by atoms with Gasteiger partial charge in [0.15, 0.2) is 0 Å². The molecule has 1 aliphatic heterocycles. The maximum Gasteiger partial charge on any atom is 0.255 e. The third-order valence-electron chi connectivity index (χ3n) is 6.17. The second-order valence-electron chi connectivity index (χ2n) is 9.05. The van der Waals surface area contributed by atoms with Crippen LogP contribution in [0, 0.1) is 0 Å². The van der Waals surface area contributed by atoms with Crippen LogP contribution in [0.2, 0.25) is 0 Å². The first kappa shape index (κ1) is 24.1. The minimum absolute atomic E-state index is 0.102. The van der Waals surface area contributed by atoms with Crippen molar-refractivity contribution in [2.24, 2.45) is 0 Å². The molecule has 1 atom stereocenters. The van der Waals surface area contributed by atoms with E-state index in [4.69, 9.17) is 0 Å². The van der Waals surface area contributed by atoms with Gasteiger partial charge in [-0.3, -0.25) is 14.5 Å². The Labute approximate surface area is 206 Å². The third kappa shape index (κ3) is 5.53. The van der Waals surface area contributed by atoms with Gasteiger partial charge in [-0.25, -0.2) is 0 Å². The van der Waals surface area contributed by atoms with E-state index in [1.807, 2.05) is 65.6 Å². The summed E-state index contributed by atoms with van der Waals surface area (Å²) < 4.78 is 0. The van der Waals surface area contributed by atoms with E-state index in [9.17, 15) is 9.59 Å². The molecule has 1 fully saturated rings. The van der Waals surface area contributed by atoms with Crippen LogP contribution >= 0.6 is 11.8 Å². The van der Waals surface area contributed by atoms with Gasteiger partial charge in [0.25, 0.3) is 5.91 Å². The average molecular weight is 473 g/mol. The molecule has 0 unspecified atom stereocenters. The fourth-order valence-electron chi connectivity index (χ4n) is 4.15. The lowest BCUT2D eigenvalue weighted by molar-refractivity contribution is -0.115. The molecule has 0 bridgehead atoms. The highest BCUT2D eigenvalue weighted by atomic mass is 32.2. The summed E-state index contributed by atoms with van der Waals surface area (Å²) in [5.41, 5.74) is 5.78. The predicted octanol–water partition coefficient (Wildman–Crippen LogP) is 7.18. The van der Waals surface area contributed by atoms with E-state index in [-0.39, 0.29) is 17.2 Å². The topological polar surface area (TPSA) is 49.4 Å². The molecular weight excluding hydrogens is 440 g/mol. The van der Waals surface area contributed by atoms with Gasteiger partial charge in [-0.1, -0.05) is 63.6 Å². The van der Waals surface area contributed by atoms with Crippen LogP contribution in [0.25, 0.3) is 0 Å². The molecule has 3 aromatic rings. The zero-order chi connectivity index (χ0) is 24.1. The molecule has 3 aromatic carbocycles. The van der Waals surface area contributed by atoms with Gasteiger partial charge in [0.05, 0.1) is 5.75 Å². The molecule has 5 heteroatoms. The molecule has 0 aliphatic carbocycles. The molecular formula is C29H32N2O2S. The predicted molar refractivity (Wildman–Crippen MR) is 143 cm³/mol. The van der Waals surface area contributed by atoms with Gasteiger partial charge in [0.2, 0.25) is 5.91 Å². The van der Waals surface area contributed by atoms with Crippen LogP contribution in [-0.2, 0) is 11.2 Å². The molecule has 1 aliphatic rings. The van der Waals surface area contributed by atoms with Crippen LogP contribution in [0.5, 0.6) is 0 Å². The van der Waals surface area contributed by atoms with Crippen LogP contribution in [0.4, 0.5) is 11.4 Å². The third-order valence-corrected chi connectivity index (χ3v) is 7.38. The number of thioether (sulfide) groups is 1. The fraction of sp³-hybridized carbons (Fsp3) is 0.310. The highest BCUT2D eigenvalue weighted by Crippen LogP contribution is 2.42. The van der Waals surface area contributed by atoms with Crippen LogP contribution in [-0.4, -0.2) is 17.6 Å². The van der Waals surface area contributed by atoms with Gasteiger partial charge in [0.1, 0.15) is 5.37 Å². The largest absolute Gasteiger partial charge is 0.322 e. The molecule has 34 heavy (non-hydrogen) atoms. The summed E-state index contributed by atoms with van der Waals surface area (Å²) in [6.07, 6.45) is 3.35. The Kier molecular flexibility index (Phi) is 7.73.